The number of pyridine rings is 1. The van der Waals surface area contributed by atoms with Gasteiger partial charge in [-0.25, -0.2) is 4.98 Å². The zero-order chi connectivity index (χ0) is 14.7. The molecule has 20 heavy (non-hydrogen) atoms. The molecule has 0 spiro atoms. The van der Waals surface area contributed by atoms with E-state index in [0.29, 0.717) is 22.1 Å². The molecule has 0 aliphatic heterocycles. The minimum Gasteiger partial charge on any atom is -0.373 e. The van der Waals surface area contributed by atoms with Crippen molar-refractivity contribution in [3.05, 3.63) is 51.1 Å². The number of benzene rings is 1. The van der Waals surface area contributed by atoms with Crippen LogP contribution in [0.25, 0.3) is 0 Å². The molecule has 2 N–H and O–H groups in total. The van der Waals surface area contributed by atoms with Gasteiger partial charge in [0.25, 0.3) is 5.91 Å². The number of aryl methyl sites for hydroxylation is 1. The van der Waals surface area contributed by atoms with Crippen molar-refractivity contribution in [1.82, 2.24) is 4.98 Å². The first-order chi connectivity index (χ1) is 9.51. The van der Waals surface area contributed by atoms with Crippen molar-refractivity contribution >= 4 is 44.9 Å². The maximum absolute atomic E-state index is 12.3. The summed E-state index contributed by atoms with van der Waals surface area (Å²) in [7, 11) is 1.73. The standard InChI is InChI=1S/C14H13BrClN3O/c1-8-3-4-12(10(15)5-8)19-14(20)9-6-13(17-2)18-7-11(9)16/h3-7H,1-2H3,(H,17,18)(H,19,20). The summed E-state index contributed by atoms with van der Waals surface area (Å²) in [6, 6.07) is 7.31. The lowest BCUT2D eigenvalue weighted by Gasteiger charge is -2.10. The Morgan fingerprint density at radius 2 is 2.10 bits per heavy atom. The summed E-state index contributed by atoms with van der Waals surface area (Å²) >= 11 is 9.44. The molecule has 6 heteroatoms. The highest BCUT2D eigenvalue weighted by atomic mass is 79.9. The van der Waals surface area contributed by atoms with Gasteiger partial charge in [0, 0.05) is 17.7 Å². The summed E-state index contributed by atoms with van der Waals surface area (Å²) in [4.78, 5) is 16.3. The van der Waals surface area contributed by atoms with Crippen LogP contribution in [-0.4, -0.2) is 17.9 Å². The second-order valence-corrected chi connectivity index (χ2v) is 5.50. The van der Waals surface area contributed by atoms with E-state index >= 15 is 0 Å². The molecule has 104 valence electrons. The highest BCUT2D eigenvalue weighted by molar-refractivity contribution is 9.10. The zero-order valence-electron chi connectivity index (χ0n) is 11.0. The van der Waals surface area contributed by atoms with Gasteiger partial charge in [-0.2, -0.15) is 0 Å². The van der Waals surface area contributed by atoms with Crippen LogP contribution in [0.4, 0.5) is 11.5 Å². The number of halogens is 2. The van der Waals surface area contributed by atoms with Crippen LogP contribution >= 0.6 is 27.5 Å². The monoisotopic (exact) mass is 353 g/mol. The molecule has 0 bridgehead atoms. The van der Waals surface area contributed by atoms with E-state index < -0.39 is 0 Å². The van der Waals surface area contributed by atoms with Crippen LogP contribution in [0.5, 0.6) is 0 Å². The van der Waals surface area contributed by atoms with Gasteiger partial charge in [0.05, 0.1) is 16.3 Å². The molecule has 1 aromatic heterocycles. The third-order valence-electron chi connectivity index (χ3n) is 2.73. The van der Waals surface area contributed by atoms with Gasteiger partial charge in [-0.3, -0.25) is 4.79 Å². The normalized spacial score (nSPS) is 10.2. The van der Waals surface area contributed by atoms with Crippen LogP contribution in [0.3, 0.4) is 0 Å². The molecule has 0 saturated heterocycles. The van der Waals surface area contributed by atoms with Gasteiger partial charge in [-0.05, 0) is 46.6 Å². The van der Waals surface area contributed by atoms with Crippen molar-refractivity contribution in [1.29, 1.82) is 0 Å². The predicted molar refractivity (Wildman–Crippen MR) is 85.6 cm³/mol. The second-order valence-electron chi connectivity index (χ2n) is 4.24. The van der Waals surface area contributed by atoms with E-state index in [9.17, 15) is 4.79 Å². The topological polar surface area (TPSA) is 54.0 Å². The maximum atomic E-state index is 12.3. The number of carbonyl (C=O) groups excluding carboxylic acids is 1. The lowest BCUT2D eigenvalue weighted by Crippen LogP contribution is -2.13. The Morgan fingerprint density at radius 3 is 2.75 bits per heavy atom. The van der Waals surface area contributed by atoms with Crippen molar-refractivity contribution < 1.29 is 4.79 Å². The highest BCUT2D eigenvalue weighted by Crippen LogP contribution is 2.25. The summed E-state index contributed by atoms with van der Waals surface area (Å²) in [5.41, 5.74) is 2.17. The van der Waals surface area contributed by atoms with Crippen molar-refractivity contribution in [2.45, 2.75) is 6.92 Å². The van der Waals surface area contributed by atoms with E-state index in [1.165, 1.54) is 6.20 Å². The molecular weight excluding hydrogens is 342 g/mol. The largest absolute Gasteiger partial charge is 0.373 e. The molecule has 1 amide bonds. The van der Waals surface area contributed by atoms with E-state index in [1.54, 1.807) is 13.1 Å². The van der Waals surface area contributed by atoms with Gasteiger partial charge in [0.2, 0.25) is 0 Å². The van der Waals surface area contributed by atoms with Gasteiger partial charge >= 0.3 is 0 Å². The minimum atomic E-state index is -0.279. The van der Waals surface area contributed by atoms with Crippen LogP contribution in [0.2, 0.25) is 5.02 Å². The van der Waals surface area contributed by atoms with Gasteiger partial charge in [-0.1, -0.05) is 17.7 Å². The summed E-state index contributed by atoms with van der Waals surface area (Å²) in [6.45, 7) is 1.98. The molecule has 0 fully saturated rings. The molecular formula is C14H13BrClN3O. The Hall–Kier alpha value is -1.59. The van der Waals surface area contributed by atoms with Gasteiger partial charge in [0.15, 0.2) is 0 Å². The molecule has 2 rings (SSSR count). The molecule has 0 unspecified atom stereocenters. The number of rotatable bonds is 3. The number of hydrogen-bond donors (Lipinski definition) is 2. The van der Waals surface area contributed by atoms with Crippen LogP contribution in [-0.2, 0) is 0 Å². The van der Waals surface area contributed by atoms with Crippen LogP contribution in [0.15, 0.2) is 34.9 Å². The number of nitrogens with one attached hydrogen (secondary N) is 2. The van der Waals surface area contributed by atoms with Crippen LogP contribution < -0.4 is 10.6 Å². The summed E-state index contributed by atoms with van der Waals surface area (Å²) in [5, 5.41) is 6.00. The van der Waals surface area contributed by atoms with E-state index in [-0.39, 0.29) is 5.91 Å². The first-order valence-electron chi connectivity index (χ1n) is 5.92. The number of carbonyl (C=O) groups is 1. The molecule has 0 atom stereocenters. The Bertz CT molecular complexity index is 661. The summed E-state index contributed by atoms with van der Waals surface area (Å²) in [6.07, 6.45) is 1.45. The summed E-state index contributed by atoms with van der Waals surface area (Å²) < 4.78 is 0.824. The maximum Gasteiger partial charge on any atom is 0.257 e. The number of amides is 1. The predicted octanol–water partition coefficient (Wildman–Crippen LogP) is 4.10. The van der Waals surface area contributed by atoms with Gasteiger partial charge in [0.1, 0.15) is 5.82 Å². The Kier molecular flexibility index (Phi) is 4.62. The Morgan fingerprint density at radius 1 is 1.35 bits per heavy atom. The first kappa shape index (κ1) is 14.8. The molecule has 0 saturated carbocycles. The third kappa shape index (κ3) is 3.29. The SMILES string of the molecule is CNc1cc(C(=O)Nc2ccc(C)cc2Br)c(Cl)cn1. The fraction of sp³-hybridized carbons (Fsp3) is 0.143. The Labute approximate surface area is 130 Å². The highest BCUT2D eigenvalue weighted by Gasteiger charge is 2.13. The smallest absolute Gasteiger partial charge is 0.257 e. The minimum absolute atomic E-state index is 0.279. The fourth-order valence-corrected chi connectivity index (χ4v) is 2.44. The summed E-state index contributed by atoms with van der Waals surface area (Å²) in [5.74, 6) is 0.306. The number of nitrogens with zero attached hydrogens (tertiary/aromatic N) is 1. The average Bonchev–Trinajstić information content (AvgIpc) is 2.42. The van der Waals surface area contributed by atoms with Crippen molar-refractivity contribution in [3.8, 4) is 0 Å². The van der Waals surface area contributed by atoms with Crippen LogP contribution in [0, 0.1) is 6.92 Å². The third-order valence-corrected chi connectivity index (χ3v) is 3.69. The molecule has 0 aliphatic carbocycles. The van der Waals surface area contributed by atoms with Gasteiger partial charge in [-0.15, -0.1) is 0 Å². The number of anilines is 2. The number of hydrogen-bond acceptors (Lipinski definition) is 3. The van der Waals surface area contributed by atoms with Crippen molar-refractivity contribution in [2.24, 2.45) is 0 Å². The second kappa shape index (κ2) is 6.24. The lowest BCUT2D eigenvalue weighted by atomic mass is 10.2. The van der Waals surface area contributed by atoms with Crippen molar-refractivity contribution in [2.75, 3.05) is 17.7 Å². The van der Waals surface area contributed by atoms with E-state index in [0.717, 1.165) is 10.0 Å². The molecule has 0 radical (unpaired) electrons. The zero-order valence-corrected chi connectivity index (χ0v) is 13.3. The molecule has 0 aliphatic rings. The first-order valence-corrected chi connectivity index (χ1v) is 7.09. The average molecular weight is 355 g/mol. The molecule has 2 aromatic rings. The van der Waals surface area contributed by atoms with E-state index in [2.05, 4.69) is 31.5 Å². The Balaban J connectivity index is 2.28. The molecule has 1 heterocycles. The number of aromatic nitrogens is 1. The molecule has 1 aromatic carbocycles. The van der Waals surface area contributed by atoms with E-state index in [4.69, 9.17) is 11.6 Å². The fourth-order valence-electron chi connectivity index (χ4n) is 1.66. The van der Waals surface area contributed by atoms with E-state index in [1.807, 2.05) is 25.1 Å². The quantitative estimate of drug-likeness (QED) is 0.872. The lowest BCUT2D eigenvalue weighted by molar-refractivity contribution is 0.102. The van der Waals surface area contributed by atoms with Gasteiger partial charge < -0.3 is 10.6 Å². The van der Waals surface area contributed by atoms with Crippen molar-refractivity contribution in [3.63, 3.8) is 0 Å². The van der Waals surface area contributed by atoms with Crippen LogP contribution in [0.1, 0.15) is 15.9 Å². The molecule has 4 nitrogen and oxygen atoms in total.